The standard InChI is InChI=1S/C22H19N3O4S/c26-20(13-12-17-9-6-14-28-17)23-22(30)25-24-21(27)18-10-4-5-11-19(18)29-15-16-7-2-1-3-8-16/h1-14H,15H2,(H,24,27)(H2,23,25,26,30)/b13-12+. The first-order valence-corrected chi connectivity index (χ1v) is 9.41. The molecule has 8 heteroatoms. The van der Waals surface area contributed by atoms with Crippen molar-refractivity contribution in [1.29, 1.82) is 0 Å². The molecule has 152 valence electrons. The van der Waals surface area contributed by atoms with E-state index >= 15 is 0 Å². The highest BCUT2D eigenvalue weighted by Gasteiger charge is 2.13. The van der Waals surface area contributed by atoms with Crippen LogP contribution in [0.15, 0.2) is 83.5 Å². The average molecular weight is 421 g/mol. The van der Waals surface area contributed by atoms with Crippen LogP contribution in [0.1, 0.15) is 21.7 Å². The number of hydrogen-bond donors (Lipinski definition) is 3. The Balaban J connectivity index is 1.50. The van der Waals surface area contributed by atoms with Gasteiger partial charge in [0.2, 0.25) is 5.91 Å². The van der Waals surface area contributed by atoms with Gasteiger partial charge in [0, 0.05) is 6.08 Å². The summed E-state index contributed by atoms with van der Waals surface area (Å²) in [6.07, 6.45) is 4.26. The number of hydrogen-bond acceptors (Lipinski definition) is 5. The van der Waals surface area contributed by atoms with Crippen molar-refractivity contribution in [2.75, 3.05) is 0 Å². The summed E-state index contributed by atoms with van der Waals surface area (Å²) >= 11 is 5.01. The highest BCUT2D eigenvalue weighted by atomic mass is 32.1. The molecule has 30 heavy (non-hydrogen) atoms. The van der Waals surface area contributed by atoms with Crippen LogP contribution in [-0.2, 0) is 11.4 Å². The van der Waals surface area contributed by atoms with E-state index in [1.807, 2.05) is 30.3 Å². The molecule has 0 spiro atoms. The van der Waals surface area contributed by atoms with Gasteiger partial charge >= 0.3 is 0 Å². The van der Waals surface area contributed by atoms with Crippen LogP contribution >= 0.6 is 12.2 Å². The molecule has 1 aromatic heterocycles. The van der Waals surface area contributed by atoms with Crippen LogP contribution in [0.2, 0.25) is 0 Å². The SMILES string of the molecule is O=C(/C=C/c1ccco1)NC(=S)NNC(=O)c1ccccc1OCc1ccccc1. The minimum absolute atomic E-state index is 0.0554. The largest absolute Gasteiger partial charge is 0.488 e. The summed E-state index contributed by atoms with van der Waals surface area (Å²) in [5.41, 5.74) is 6.25. The Morgan fingerprint density at radius 3 is 2.50 bits per heavy atom. The van der Waals surface area contributed by atoms with Crippen molar-refractivity contribution in [3.05, 3.63) is 96.0 Å². The summed E-state index contributed by atoms with van der Waals surface area (Å²) in [4.78, 5) is 24.3. The summed E-state index contributed by atoms with van der Waals surface area (Å²) in [6.45, 7) is 0.328. The van der Waals surface area contributed by atoms with Gasteiger partial charge in [-0.15, -0.1) is 0 Å². The summed E-state index contributed by atoms with van der Waals surface area (Å²) in [5.74, 6) is 0.0348. The number of benzene rings is 2. The van der Waals surface area contributed by atoms with Crippen molar-refractivity contribution in [3.63, 3.8) is 0 Å². The van der Waals surface area contributed by atoms with Gasteiger partial charge in [-0.3, -0.25) is 25.8 Å². The normalized spacial score (nSPS) is 10.4. The first kappa shape index (κ1) is 20.8. The summed E-state index contributed by atoms with van der Waals surface area (Å²) in [7, 11) is 0. The number of carbonyl (C=O) groups excluding carboxylic acids is 2. The van der Waals surface area contributed by atoms with E-state index in [0.717, 1.165) is 5.56 Å². The fourth-order valence-electron chi connectivity index (χ4n) is 2.43. The van der Waals surface area contributed by atoms with E-state index in [1.54, 1.807) is 36.4 Å². The van der Waals surface area contributed by atoms with Crippen LogP contribution in [-0.4, -0.2) is 16.9 Å². The lowest BCUT2D eigenvalue weighted by Gasteiger charge is -2.13. The zero-order valence-electron chi connectivity index (χ0n) is 15.8. The second-order valence-electron chi connectivity index (χ2n) is 6.02. The maximum Gasteiger partial charge on any atom is 0.273 e. The third kappa shape index (κ3) is 6.32. The van der Waals surface area contributed by atoms with Crippen molar-refractivity contribution in [2.45, 2.75) is 6.61 Å². The number of amides is 2. The molecule has 0 atom stereocenters. The Morgan fingerprint density at radius 1 is 0.967 bits per heavy atom. The molecule has 0 aliphatic carbocycles. The lowest BCUT2D eigenvalue weighted by atomic mass is 10.2. The Kier molecular flexibility index (Phi) is 7.34. The molecule has 2 aromatic carbocycles. The van der Waals surface area contributed by atoms with Crippen LogP contribution in [0.5, 0.6) is 5.75 Å². The highest BCUT2D eigenvalue weighted by molar-refractivity contribution is 7.80. The molecular weight excluding hydrogens is 402 g/mol. The van der Waals surface area contributed by atoms with Crippen LogP contribution in [0, 0.1) is 0 Å². The van der Waals surface area contributed by atoms with Crippen LogP contribution in [0.4, 0.5) is 0 Å². The Bertz CT molecular complexity index is 1030. The number of carbonyl (C=O) groups is 2. The number of thiocarbonyl (C=S) groups is 1. The molecule has 0 aliphatic heterocycles. The zero-order chi connectivity index (χ0) is 21.2. The third-order valence-electron chi connectivity index (χ3n) is 3.84. The van der Waals surface area contributed by atoms with Crippen molar-refractivity contribution in [2.24, 2.45) is 0 Å². The van der Waals surface area contributed by atoms with Gasteiger partial charge in [-0.25, -0.2) is 0 Å². The van der Waals surface area contributed by atoms with Gasteiger partial charge in [0.15, 0.2) is 5.11 Å². The smallest absolute Gasteiger partial charge is 0.273 e. The number of para-hydroxylation sites is 1. The van der Waals surface area contributed by atoms with Crippen molar-refractivity contribution in [1.82, 2.24) is 16.2 Å². The number of hydrazine groups is 1. The van der Waals surface area contributed by atoms with Crippen molar-refractivity contribution >= 4 is 35.2 Å². The predicted octanol–water partition coefficient (Wildman–Crippen LogP) is 3.21. The number of furan rings is 1. The van der Waals surface area contributed by atoms with Gasteiger partial charge in [-0.05, 0) is 48.1 Å². The molecule has 7 nitrogen and oxygen atoms in total. The summed E-state index contributed by atoms with van der Waals surface area (Å²) in [5, 5.41) is 2.36. The minimum Gasteiger partial charge on any atom is -0.488 e. The fraction of sp³-hybridized carbons (Fsp3) is 0.0455. The lowest BCUT2D eigenvalue weighted by molar-refractivity contribution is -0.115. The first-order valence-electron chi connectivity index (χ1n) is 9.00. The highest BCUT2D eigenvalue weighted by Crippen LogP contribution is 2.19. The topological polar surface area (TPSA) is 92.6 Å². The van der Waals surface area contributed by atoms with Crippen LogP contribution in [0.3, 0.4) is 0 Å². The van der Waals surface area contributed by atoms with Gasteiger partial charge < -0.3 is 9.15 Å². The fourth-order valence-corrected chi connectivity index (χ4v) is 2.58. The molecule has 0 fully saturated rings. The van der Waals surface area contributed by atoms with Gasteiger partial charge in [-0.2, -0.15) is 0 Å². The van der Waals surface area contributed by atoms with Gasteiger partial charge in [0.25, 0.3) is 5.91 Å². The molecule has 0 unspecified atom stereocenters. The predicted molar refractivity (Wildman–Crippen MR) is 116 cm³/mol. The molecule has 3 rings (SSSR count). The third-order valence-corrected chi connectivity index (χ3v) is 4.04. The molecule has 3 aromatic rings. The molecule has 2 amide bonds. The number of rotatable bonds is 6. The van der Waals surface area contributed by atoms with Gasteiger partial charge in [0.1, 0.15) is 18.1 Å². The average Bonchev–Trinajstić information content (AvgIpc) is 3.29. The van der Waals surface area contributed by atoms with Crippen molar-refractivity contribution < 1.29 is 18.7 Å². The lowest BCUT2D eigenvalue weighted by Crippen LogP contribution is -2.48. The molecule has 3 N–H and O–H groups in total. The number of nitrogens with one attached hydrogen (secondary N) is 3. The summed E-state index contributed by atoms with van der Waals surface area (Å²) in [6, 6.07) is 19.9. The van der Waals surface area contributed by atoms with E-state index in [-0.39, 0.29) is 5.11 Å². The van der Waals surface area contributed by atoms with E-state index in [0.29, 0.717) is 23.7 Å². The van der Waals surface area contributed by atoms with Crippen LogP contribution in [0.25, 0.3) is 6.08 Å². The Morgan fingerprint density at radius 2 is 1.73 bits per heavy atom. The van der Waals surface area contributed by atoms with Gasteiger partial charge in [0.05, 0.1) is 11.8 Å². The minimum atomic E-state index is -0.468. The van der Waals surface area contributed by atoms with E-state index in [1.165, 1.54) is 18.4 Å². The monoisotopic (exact) mass is 421 g/mol. The Hall–Kier alpha value is -3.91. The molecule has 0 bridgehead atoms. The summed E-state index contributed by atoms with van der Waals surface area (Å²) < 4.78 is 10.9. The Labute approximate surface area is 178 Å². The first-order chi connectivity index (χ1) is 14.6. The molecule has 0 radical (unpaired) electrons. The molecule has 0 saturated carbocycles. The second kappa shape index (κ2) is 10.6. The van der Waals surface area contributed by atoms with E-state index < -0.39 is 11.8 Å². The maximum atomic E-state index is 12.5. The molecule has 0 saturated heterocycles. The second-order valence-corrected chi connectivity index (χ2v) is 6.42. The van der Waals surface area contributed by atoms with Crippen LogP contribution < -0.4 is 20.9 Å². The quantitative estimate of drug-likeness (QED) is 0.322. The van der Waals surface area contributed by atoms with Gasteiger partial charge in [-0.1, -0.05) is 42.5 Å². The van der Waals surface area contributed by atoms with E-state index in [2.05, 4.69) is 16.2 Å². The molecule has 1 heterocycles. The molecule has 0 aliphatic rings. The molecular formula is C22H19N3O4S. The number of ether oxygens (including phenoxy) is 1. The van der Waals surface area contributed by atoms with Crippen molar-refractivity contribution in [3.8, 4) is 5.75 Å². The van der Waals surface area contributed by atoms with E-state index in [4.69, 9.17) is 21.4 Å². The maximum absolute atomic E-state index is 12.5. The zero-order valence-corrected chi connectivity index (χ0v) is 16.6. The van der Waals surface area contributed by atoms with E-state index in [9.17, 15) is 9.59 Å².